The van der Waals surface area contributed by atoms with Crippen LogP contribution in [0.2, 0.25) is 5.02 Å². The number of halogens is 1. The molecule has 1 aliphatic carbocycles. The van der Waals surface area contributed by atoms with Crippen molar-refractivity contribution in [2.75, 3.05) is 14.2 Å². The first-order valence-corrected chi connectivity index (χ1v) is 10.8. The number of carbonyl (C=O) groups excluding carboxylic acids is 1. The third kappa shape index (κ3) is 3.66. The van der Waals surface area contributed by atoms with Crippen molar-refractivity contribution in [2.24, 2.45) is 0 Å². The Labute approximate surface area is 190 Å². The number of Topliss-reactive ketones (excluding diaryl/α,β-unsaturated/α-hetero) is 1. The molecule has 2 aromatic heterocycles. The van der Waals surface area contributed by atoms with Crippen LogP contribution >= 0.6 is 11.6 Å². The van der Waals surface area contributed by atoms with Gasteiger partial charge >= 0.3 is 0 Å². The Balaban J connectivity index is 1.63. The second-order valence-corrected chi connectivity index (χ2v) is 8.37. The molecule has 0 fully saturated rings. The van der Waals surface area contributed by atoms with E-state index >= 15 is 0 Å². The van der Waals surface area contributed by atoms with E-state index in [1.807, 2.05) is 48.5 Å². The molecule has 6 nitrogen and oxygen atoms in total. The van der Waals surface area contributed by atoms with Crippen LogP contribution in [0.4, 0.5) is 0 Å². The monoisotopic (exact) mass is 447 g/mol. The first-order valence-electron chi connectivity index (χ1n) is 10.4. The van der Waals surface area contributed by atoms with Gasteiger partial charge in [0.05, 0.1) is 36.2 Å². The predicted octanol–water partition coefficient (Wildman–Crippen LogP) is 5.12. The molecule has 0 saturated heterocycles. The number of nitrogens with zero attached hydrogens (tertiary/aromatic N) is 3. The van der Waals surface area contributed by atoms with Crippen LogP contribution in [0.5, 0.6) is 5.75 Å². The van der Waals surface area contributed by atoms with Gasteiger partial charge in [-0.3, -0.25) is 4.79 Å². The van der Waals surface area contributed by atoms with Crippen LogP contribution < -0.4 is 4.74 Å². The maximum atomic E-state index is 13.0. The number of benzene rings is 2. The summed E-state index contributed by atoms with van der Waals surface area (Å²) in [4.78, 5) is 17.9. The average molecular weight is 448 g/mol. The topological polar surface area (TPSA) is 65.7 Å². The minimum Gasteiger partial charge on any atom is -0.497 e. The van der Waals surface area contributed by atoms with Crippen LogP contribution in [0.25, 0.3) is 16.8 Å². The molecule has 5 rings (SSSR count). The van der Waals surface area contributed by atoms with Gasteiger partial charge < -0.3 is 9.47 Å². The summed E-state index contributed by atoms with van der Waals surface area (Å²) in [6.45, 7) is 0.342. The number of carbonyl (C=O) groups is 1. The van der Waals surface area contributed by atoms with Crippen LogP contribution in [-0.4, -0.2) is 34.6 Å². The summed E-state index contributed by atoms with van der Waals surface area (Å²) in [6, 6.07) is 15.5. The Kier molecular flexibility index (Phi) is 5.41. The van der Waals surface area contributed by atoms with E-state index in [0.29, 0.717) is 35.7 Å². The number of methoxy groups -OCH3 is 2. The smallest absolute Gasteiger partial charge is 0.166 e. The number of hydrogen-bond acceptors (Lipinski definition) is 5. The predicted molar refractivity (Wildman–Crippen MR) is 123 cm³/mol. The van der Waals surface area contributed by atoms with Gasteiger partial charge in [-0.05, 0) is 47.7 Å². The molecular weight excluding hydrogens is 426 g/mol. The third-order valence-electron chi connectivity index (χ3n) is 5.91. The SMILES string of the molecule is COCc1nn2cc3c(nc2c1-c1ccc(OC)cc1)CC(c1cccc(Cl)c1)CC3=O. The molecule has 0 spiro atoms. The van der Waals surface area contributed by atoms with Crippen LogP contribution in [-0.2, 0) is 17.8 Å². The highest BCUT2D eigenvalue weighted by molar-refractivity contribution is 6.30. The van der Waals surface area contributed by atoms with Crippen molar-refractivity contribution in [3.8, 4) is 16.9 Å². The molecule has 1 atom stereocenters. The fraction of sp³-hybridized carbons (Fsp3) is 0.240. The third-order valence-corrected chi connectivity index (χ3v) is 6.15. The van der Waals surface area contributed by atoms with Gasteiger partial charge in [0, 0.05) is 24.8 Å². The van der Waals surface area contributed by atoms with Crippen LogP contribution in [0.3, 0.4) is 0 Å². The van der Waals surface area contributed by atoms with Crippen molar-refractivity contribution >= 4 is 23.0 Å². The summed E-state index contributed by atoms with van der Waals surface area (Å²) < 4.78 is 12.4. The van der Waals surface area contributed by atoms with Gasteiger partial charge in [-0.25, -0.2) is 9.50 Å². The number of ketones is 1. The van der Waals surface area contributed by atoms with E-state index in [1.165, 1.54) is 0 Å². The van der Waals surface area contributed by atoms with Crippen molar-refractivity contribution in [1.82, 2.24) is 14.6 Å². The summed E-state index contributed by atoms with van der Waals surface area (Å²) in [7, 11) is 3.28. The zero-order chi connectivity index (χ0) is 22.2. The molecule has 0 radical (unpaired) electrons. The van der Waals surface area contributed by atoms with E-state index in [-0.39, 0.29) is 11.7 Å². The lowest BCUT2D eigenvalue weighted by Gasteiger charge is -2.23. The Morgan fingerprint density at radius 2 is 1.94 bits per heavy atom. The van der Waals surface area contributed by atoms with Crippen LogP contribution in [0.1, 0.15) is 39.6 Å². The zero-order valence-electron chi connectivity index (χ0n) is 17.8. The minimum absolute atomic E-state index is 0.0504. The number of fused-ring (bicyclic) bond motifs is 2. The van der Waals surface area contributed by atoms with Crippen LogP contribution in [0, 0.1) is 0 Å². The number of hydrogen-bond donors (Lipinski definition) is 0. The van der Waals surface area contributed by atoms with Crippen molar-refractivity contribution in [3.05, 3.63) is 82.3 Å². The van der Waals surface area contributed by atoms with E-state index < -0.39 is 0 Å². The molecular formula is C25H22ClN3O3. The van der Waals surface area contributed by atoms with Crippen LogP contribution in [0.15, 0.2) is 54.7 Å². The fourth-order valence-electron chi connectivity index (χ4n) is 4.37. The summed E-state index contributed by atoms with van der Waals surface area (Å²) in [6.07, 6.45) is 2.91. The average Bonchev–Trinajstić information content (AvgIpc) is 3.15. The molecule has 1 unspecified atom stereocenters. The molecule has 0 saturated carbocycles. The van der Waals surface area contributed by atoms with Gasteiger partial charge in [-0.1, -0.05) is 35.9 Å². The van der Waals surface area contributed by atoms with Crippen molar-refractivity contribution in [3.63, 3.8) is 0 Å². The zero-order valence-corrected chi connectivity index (χ0v) is 18.6. The Bertz CT molecular complexity index is 1310. The van der Waals surface area contributed by atoms with Gasteiger partial charge in [0.1, 0.15) is 5.75 Å². The quantitative estimate of drug-likeness (QED) is 0.425. The lowest BCUT2D eigenvalue weighted by atomic mass is 9.82. The molecule has 0 amide bonds. The Hall–Kier alpha value is -3.22. The molecule has 32 heavy (non-hydrogen) atoms. The molecule has 7 heteroatoms. The molecule has 2 heterocycles. The second-order valence-electron chi connectivity index (χ2n) is 7.94. The summed E-state index contributed by atoms with van der Waals surface area (Å²) in [5, 5.41) is 5.35. The van der Waals surface area contributed by atoms with Gasteiger partial charge in [0.15, 0.2) is 11.4 Å². The van der Waals surface area contributed by atoms with Gasteiger partial charge in [-0.15, -0.1) is 0 Å². The highest BCUT2D eigenvalue weighted by atomic mass is 35.5. The maximum Gasteiger partial charge on any atom is 0.166 e. The fourth-order valence-corrected chi connectivity index (χ4v) is 4.57. The molecule has 0 aliphatic heterocycles. The Morgan fingerprint density at radius 3 is 2.66 bits per heavy atom. The lowest BCUT2D eigenvalue weighted by molar-refractivity contribution is 0.0962. The van der Waals surface area contributed by atoms with Gasteiger partial charge in [0.2, 0.25) is 0 Å². The summed E-state index contributed by atoms with van der Waals surface area (Å²) in [5.74, 6) is 0.897. The van der Waals surface area contributed by atoms with Crippen molar-refractivity contribution in [2.45, 2.75) is 25.4 Å². The van der Waals surface area contributed by atoms with E-state index in [0.717, 1.165) is 33.8 Å². The van der Waals surface area contributed by atoms with Crippen molar-refractivity contribution in [1.29, 1.82) is 0 Å². The molecule has 2 aromatic carbocycles. The highest BCUT2D eigenvalue weighted by Crippen LogP contribution is 2.35. The minimum atomic E-state index is 0.0504. The first-order chi connectivity index (χ1) is 15.6. The highest BCUT2D eigenvalue weighted by Gasteiger charge is 2.29. The van der Waals surface area contributed by atoms with E-state index in [1.54, 1.807) is 24.9 Å². The largest absolute Gasteiger partial charge is 0.497 e. The molecule has 162 valence electrons. The molecule has 1 aliphatic rings. The molecule has 4 aromatic rings. The first kappa shape index (κ1) is 20.7. The molecule has 0 N–H and O–H groups in total. The second kappa shape index (κ2) is 8.37. The number of ether oxygens (including phenoxy) is 2. The number of rotatable bonds is 5. The van der Waals surface area contributed by atoms with E-state index in [4.69, 9.17) is 26.1 Å². The molecule has 0 bridgehead atoms. The summed E-state index contributed by atoms with van der Waals surface area (Å²) in [5.41, 5.74) is 5.82. The van der Waals surface area contributed by atoms with E-state index in [9.17, 15) is 4.79 Å². The summed E-state index contributed by atoms with van der Waals surface area (Å²) >= 11 is 6.19. The lowest BCUT2D eigenvalue weighted by Crippen LogP contribution is -2.21. The standard InChI is InChI=1S/C25H22ClN3O3/c1-31-14-22-24(15-6-8-19(32-2)9-7-15)25-27-21-11-17(16-4-3-5-18(26)10-16)12-23(30)20(21)13-29(25)28-22/h3-10,13,17H,11-12,14H2,1-2H3. The number of aromatic nitrogens is 3. The normalized spacial score (nSPS) is 15.7. The van der Waals surface area contributed by atoms with Gasteiger partial charge in [-0.2, -0.15) is 5.10 Å². The van der Waals surface area contributed by atoms with E-state index in [2.05, 4.69) is 5.10 Å². The Morgan fingerprint density at radius 1 is 1.12 bits per heavy atom. The van der Waals surface area contributed by atoms with Gasteiger partial charge in [0.25, 0.3) is 0 Å². The van der Waals surface area contributed by atoms with Crippen molar-refractivity contribution < 1.29 is 14.3 Å². The maximum absolute atomic E-state index is 13.0.